The van der Waals surface area contributed by atoms with Crippen LogP contribution in [0.5, 0.6) is 0 Å². The number of hydrogen-bond acceptors (Lipinski definition) is 4. The number of sulfonamides is 1. The molecule has 0 saturated carbocycles. The predicted octanol–water partition coefficient (Wildman–Crippen LogP) is 4.12. The van der Waals surface area contributed by atoms with Crippen LogP contribution in [0.4, 0.5) is 0 Å². The molecule has 1 aromatic heterocycles. The van der Waals surface area contributed by atoms with E-state index in [-0.39, 0.29) is 11.4 Å². The smallest absolute Gasteiger partial charge is 0.243 e. The summed E-state index contributed by atoms with van der Waals surface area (Å²) in [7, 11) is -2.11. The second-order valence-electron chi connectivity index (χ2n) is 5.70. The van der Waals surface area contributed by atoms with Crippen LogP contribution in [0.25, 0.3) is 11.3 Å². The van der Waals surface area contributed by atoms with E-state index in [4.69, 9.17) is 16.0 Å². The van der Waals surface area contributed by atoms with E-state index in [0.29, 0.717) is 16.7 Å². The first-order valence-corrected chi connectivity index (χ1v) is 9.42. The summed E-state index contributed by atoms with van der Waals surface area (Å²) in [4.78, 5) is 4.41. The van der Waals surface area contributed by atoms with Gasteiger partial charge in [-0.15, -0.1) is 0 Å². The van der Waals surface area contributed by atoms with Crippen molar-refractivity contribution < 1.29 is 12.8 Å². The van der Waals surface area contributed by atoms with Gasteiger partial charge in [-0.2, -0.15) is 4.31 Å². The van der Waals surface area contributed by atoms with Gasteiger partial charge in [0.2, 0.25) is 15.9 Å². The van der Waals surface area contributed by atoms with E-state index in [1.54, 1.807) is 42.6 Å². The lowest BCUT2D eigenvalue weighted by Gasteiger charge is -2.15. The Hall–Kier alpha value is -2.15. The molecular formula is C18H17ClN2O3S. The number of rotatable bonds is 5. The van der Waals surface area contributed by atoms with Gasteiger partial charge in [0, 0.05) is 17.6 Å². The summed E-state index contributed by atoms with van der Waals surface area (Å²) < 4.78 is 32.1. The lowest BCUT2D eigenvalue weighted by molar-refractivity contribution is 0.400. The summed E-state index contributed by atoms with van der Waals surface area (Å²) in [6, 6.07) is 13.9. The summed E-state index contributed by atoms with van der Waals surface area (Å²) in [5.41, 5.74) is 1.79. The SMILES string of the molecule is Cc1ccc(S(=O)(=O)N(C)Cc2ncc(-c3cccc(Cl)c3)o2)cc1. The molecule has 130 valence electrons. The van der Waals surface area contributed by atoms with Crippen molar-refractivity contribution in [3.63, 3.8) is 0 Å². The highest BCUT2D eigenvalue weighted by Crippen LogP contribution is 2.24. The Bertz CT molecular complexity index is 982. The molecule has 5 nitrogen and oxygen atoms in total. The standard InChI is InChI=1S/C18H17ClN2O3S/c1-13-6-8-16(9-7-13)25(22,23)21(2)12-18-20-11-17(24-18)14-4-3-5-15(19)10-14/h3-11H,12H2,1-2H3. The van der Waals surface area contributed by atoms with Gasteiger partial charge in [0.1, 0.15) is 0 Å². The molecule has 0 amide bonds. The van der Waals surface area contributed by atoms with Gasteiger partial charge in [-0.3, -0.25) is 0 Å². The van der Waals surface area contributed by atoms with Gasteiger partial charge in [-0.05, 0) is 31.2 Å². The fraction of sp³-hybridized carbons (Fsp3) is 0.167. The fourth-order valence-corrected chi connectivity index (χ4v) is 3.63. The van der Waals surface area contributed by atoms with Gasteiger partial charge in [0.15, 0.2) is 5.76 Å². The van der Waals surface area contributed by atoms with E-state index in [2.05, 4.69) is 4.98 Å². The van der Waals surface area contributed by atoms with Gasteiger partial charge in [-0.1, -0.05) is 41.4 Å². The van der Waals surface area contributed by atoms with Gasteiger partial charge in [-0.25, -0.2) is 13.4 Å². The number of aromatic nitrogens is 1. The zero-order valence-electron chi connectivity index (χ0n) is 13.8. The molecule has 3 rings (SSSR count). The summed E-state index contributed by atoms with van der Waals surface area (Å²) in [6.07, 6.45) is 1.56. The molecule has 7 heteroatoms. The second-order valence-corrected chi connectivity index (χ2v) is 8.18. The first-order valence-electron chi connectivity index (χ1n) is 7.60. The van der Waals surface area contributed by atoms with Crippen LogP contribution in [0, 0.1) is 6.92 Å². The Morgan fingerprint density at radius 3 is 2.56 bits per heavy atom. The van der Waals surface area contributed by atoms with Gasteiger partial charge in [0.25, 0.3) is 0 Å². The van der Waals surface area contributed by atoms with Crippen molar-refractivity contribution in [3.8, 4) is 11.3 Å². The van der Waals surface area contributed by atoms with Crippen LogP contribution in [0.2, 0.25) is 5.02 Å². The molecule has 0 unspecified atom stereocenters. The van der Waals surface area contributed by atoms with Gasteiger partial charge >= 0.3 is 0 Å². The van der Waals surface area contributed by atoms with E-state index in [1.165, 1.54) is 11.4 Å². The summed E-state index contributed by atoms with van der Waals surface area (Å²) >= 11 is 5.98. The quantitative estimate of drug-likeness (QED) is 0.671. The molecule has 0 spiro atoms. The molecule has 0 aliphatic heterocycles. The minimum absolute atomic E-state index is 0.0385. The highest BCUT2D eigenvalue weighted by molar-refractivity contribution is 7.89. The molecule has 0 saturated heterocycles. The Morgan fingerprint density at radius 2 is 1.88 bits per heavy atom. The third-order valence-corrected chi connectivity index (χ3v) is 5.80. The third kappa shape index (κ3) is 3.92. The van der Waals surface area contributed by atoms with Crippen molar-refractivity contribution in [2.24, 2.45) is 0 Å². The molecular weight excluding hydrogens is 360 g/mol. The van der Waals surface area contributed by atoms with Crippen molar-refractivity contribution >= 4 is 21.6 Å². The van der Waals surface area contributed by atoms with Crippen molar-refractivity contribution in [1.29, 1.82) is 0 Å². The Morgan fingerprint density at radius 1 is 1.16 bits per heavy atom. The summed E-state index contributed by atoms with van der Waals surface area (Å²) in [5, 5.41) is 0.592. The van der Waals surface area contributed by atoms with E-state index < -0.39 is 10.0 Å². The zero-order valence-corrected chi connectivity index (χ0v) is 15.4. The number of aryl methyl sites for hydroxylation is 1. The predicted molar refractivity (Wildman–Crippen MR) is 96.8 cm³/mol. The number of oxazole rings is 1. The molecule has 0 fully saturated rings. The van der Waals surface area contributed by atoms with Crippen LogP contribution in [0.1, 0.15) is 11.5 Å². The molecule has 0 aliphatic carbocycles. The van der Waals surface area contributed by atoms with Crippen LogP contribution < -0.4 is 0 Å². The minimum Gasteiger partial charge on any atom is -0.439 e. The molecule has 25 heavy (non-hydrogen) atoms. The van der Waals surface area contributed by atoms with E-state index in [9.17, 15) is 8.42 Å². The maximum Gasteiger partial charge on any atom is 0.243 e. The van der Waals surface area contributed by atoms with Crippen molar-refractivity contribution in [1.82, 2.24) is 9.29 Å². The Labute approximate surface area is 151 Å². The largest absolute Gasteiger partial charge is 0.439 e. The molecule has 0 aliphatic rings. The summed E-state index contributed by atoms with van der Waals surface area (Å²) in [5.74, 6) is 0.854. The average Bonchev–Trinajstić information content (AvgIpc) is 3.04. The number of hydrogen-bond donors (Lipinski definition) is 0. The van der Waals surface area contributed by atoms with Crippen LogP contribution in [0.15, 0.2) is 64.0 Å². The van der Waals surface area contributed by atoms with Crippen molar-refractivity contribution in [2.75, 3.05) is 7.05 Å². The van der Waals surface area contributed by atoms with Gasteiger partial charge in [0.05, 0.1) is 17.6 Å². The number of halogens is 1. The van der Waals surface area contributed by atoms with Gasteiger partial charge < -0.3 is 4.42 Å². The second kappa shape index (κ2) is 7.00. The fourth-order valence-electron chi connectivity index (χ4n) is 2.32. The normalized spacial score (nSPS) is 11.8. The number of nitrogens with zero attached hydrogens (tertiary/aromatic N) is 2. The van der Waals surface area contributed by atoms with E-state index in [0.717, 1.165) is 11.1 Å². The maximum absolute atomic E-state index is 12.6. The molecule has 0 radical (unpaired) electrons. The lowest BCUT2D eigenvalue weighted by atomic mass is 10.2. The lowest BCUT2D eigenvalue weighted by Crippen LogP contribution is -2.26. The monoisotopic (exact) mass is 376 g/mol. The van der Waals surface area contributed by atoms with Crippen LogP contribution in [-0.2, 0) is 16.6 Å². The zero-order chi connectivity index (χ0) is 18.0. The highest BCUT2D eigenvalue weighted by atomic mass is 35.5. The molecule has 0 atom stereocenters. The first-order chi connectivity index (χ1) is 11.9. The number of benzene rings is 2. The van der Waals surface area contributed by atoms with E-state index in [1.807, 2.05) is 19.1 Å². The van der Waals surface area contributed by atoms with Crippen LogP contribution in [0.3, 0.4) is 0 Å². The molecule has 0 N–H and O–H groups in total. The summed E-state index contributed by atoms with van der Waals surface area (Å²) in [6.45, 7) is 1.95. The van der Waals surface area contributed by atoms with Crippen molar-refractivity contribution in [2.45, 2.75) is 18.4 Å². The molecule has 1 heterocycles. The van der Waals surface area contributed by atoms with Crippen LogP contribution in [-0.4, -0.2) is 24.8 Å². The average molecular weight is 377 g/mol. The highest BCUT2D eigenvalue weighted by Gasteiger charge is 2.22. The third-order valence-electron chi connectivity index (χ3n) is 3.75. The Kier molecular flexibility index (Phi) is 4.94. The van der Waals surface area contributed by atoms with Crippen molar-refractivity contribution in [3.05, 3.63) is 71.2 Å². The van der Waals surface area contributed by atoms with Crippen LogP contribution >= 0.6 is 11.6 Å². The first kappa shape index (κ1) is 17.7. The minimum atomic E-state index is -3.60. The topological polar surface area (TPSA) is 63.4 Å². The van der Waals surface area contributed by atoms with E-state index >= 15 is 0 Å². The molecule has 2 aromatic carbocycles. The Balaban J connectivity index is 1.79. The molecule has 0 bridgehead atoms. The molecule has 3 aromatic rings. The maximum atomic E-state index is 12.6.